The zero-order valence-electron chi connectivity index (χ0n) is 18.1. The SMILES string of the molecule is CCCC[C@@H](CC)C(=O)N(Cc1ccc(OS(=O)(=O)c2ccc(F)cc2)cc1)C1CC1. The molecule has 1 aliphatic carbocycles. The van der Waals surface area contributed by atoms with E-state index in [2.05, 4.69) is 13.8 Å². The number of carbonyl (C=O) groups is 1. The molecule has 168 valence electrons. The highest BCUT2D eigenvalue weighted by Crippen LogP contribution is 2.31. The molecule has 1 fully saturated rings. The van der Waals surface area contributed by atoms with E-state index in [1.54, 1.807) is 24.3 Å². The summed E-state index contributed by atoms with van der Waals surface area (Å²) >= 11 is 0. The molecular weight excluding hydrogens is 417 g/mol. The van der Waals surface area contributed by atoms with E-state index in [0.29, 0.717) is 12.6 Å². The van der Waals surface area contributed by atoms with Crippen molar-refractivity contribution in [3.63, 3.8) is 0 Å². The van der Waals surface area contributed by atoms with Gasteiger partial charge in [-0.15, -0.1) is 0 Å². The van der Waals surface area contributed by atoms with E-state index in [1.165, 1.54) is 12.1 Å². The van der Waals surface area contributed by atoms with Gasteiger partial charge in [-0.1, -0.05) is 38.8 Å². The molecular formula is C24H30FNO4S. The third-order valence-electron chi connectivity index (χ3n) is 5.60. The summed E-state index contributed by atoms with van der Waals surface area (Å²) in [6, 6.07) is 11.5. The summed E-state index contributed by atoms with van der Waals surface area (Å²) in [7, 11) is -4.04. The maximum Gasteiger partial charge on any atom is 0.339 e. The highest BCUT2D eigenvalue weighted by molar-refractivity contribution is 7.87. The fraction of sp³-hybridized carbons (Fsp3) is 0.458. The van der Waals surface area contributed by atoms with E-state index in [4.69, 9.17) is 4.18 Å². The van der Waals surface area contributed by atoms with Gasteiger partial charge in [-0.25, -0.2) is 4.39 Å². The van der Waals surface area contributed by atoms with Crippen LogP contribution in [0, 0.1) is 11.7 Å². The number of carbonyl (C=O) groups excluding carboxylic acids is 1. The Hall–Kier alpha value is -2.41. The van der Waals surface area contributed by atoms with Crippen molar-refractivity contribution in [3.8, 4) is 5.75 Å². The summed E-state index contributed by atoms with van der Waals surface area (Å²) in [6.07, 6.45) is 5.96. The van der Waals surface area contributed by atoms with Gasteiger partial charge in [-0.3, -0.25) is 4.79 Å². The molecule has 1 aliphatic rings. The molecule has 1 amide bonds. The maximum absolute atomic E-state index is 13.1. The normalized spacial score (nSPS) is 14.8. The van der Waals surface area contributed by atoms with E-state index in [-0.39, 0.29) is 22.5 Å². The van der Waals surface area contributed by atoms with E-state index < -0.39 is 15.9 Å². The van der Waals surface area contributed by atoms with Crippen molar-refractivity contribution in [1.29, 1.82) is 0 Å². The van der Waals surface area contributed by atoms with Crippen molar-refractivity contribution in [2.45, 2.75) is 69.9 Å². The number of hydrogen-bond acceptors (Lipinski definition) is 4. The molecule has 2 aromatic carbocycles. The third kappa shape index (κ3) is 6.29. The van der Waals surface area contributed by atoms with Crippen molar-refractivity contribution >= 4 is 16.0 Å². The van der Waals surface area contributed by atoms with Crippen LogP contribution in [0.5, 0.6) is 5.75 Å². The summed E-state index contributed by atoms with van der Waals surface area (Å²) in [4.78, 5) is 15.0. The molecule has 2 aromatic rings. The Balaban J connectivity index is 1.67. The van der Waals surface area contributed by atoms with Gasteiger partial charge in [0.2, 0.25) is 5.91 Å². The molecule has 0 radical (unpaired) electrons. The van der Waals surface area contributed by atoms with Crippen molar-refractivity contribution in [2.75, 3.05) is 0 Å². The summed E-state index contributed by atoms with van der Waals surface area (Å²) in [5.41, 5.74) is 0.928. The molecule has 1 atom stereocenters. The van der Waals surface area contributed by atoms with Gasteiger partial charge in [0.1, 0.15) is 16.5 Å². The molecule has 0 aliphatic heterocycles. The lowest BCUT2D eigenvalue weighted by atomic mass is 9.97. The number of benzene rings is 2. The van der Waals surface area contributed by atoms with Gasteiger partial charge >= 0.3 is 10.1 Å². The van der Waals surface area contributed by atoms with Gasteiger partial charge in [0.25, 0.3) is 0 Å². The number of amides is 1. The maximum atomic E-state index is 13.1. The van der Waals surface area contributed by atoms with E-state index >= 15 is 0 Å². The summed E-state index contributed by atoms with van der Waals surface area (Å²) < 4.78 is 42.9. The minimum Gasteiger partial charge on any atom is -0.379 e. The molecule has 1 saturated carbocycles. The lowest BCUT2D eigenvalue weighted by Gasteiger charge is -2.27. The number of rotatable bonds is 11. The molecule has 0 aromatic heterocycles. The smallest absolute Gasteiger partial charge is 0.339 e. The second kappa shape index (κ2) is 10.3. The molecule has 0 unspecified atom stereocenters. The zero-order valence-corrected chi connectivity index (χ0v) is 18.9. The van der Waals surface area contributed by atoms with Crippen molar-refractivity contribution in [1.82, 2.24) is 4.90 Å². The van der Waals surface area contributed by atoms with Gasteiger partial charge in [-0.05, 0) is 67.6 Å². The first kappa shape index (κ1) is 23.3. The van der Waals surface area contributed by atoms with Crippen molar-refractivity contribution in [3.05, 3.63) is 59.9 Å². The van der Waals surface area contributed by atoms with Crippen LogP contribution >= 0.6 is 0 Å². The molecule has 0 spiro atoms. The van der Waals surface area contributed by atoms with Gasteiger partial charge in [0.15, 0.2) is 0 Å². The molecule has 0 bridgehead atoms. The standard InChI is InChI=1S/C24H30FNO4S/c1-3-5-6-19(4-2)24(27)26(21-11-12-21)17-18-7-13-22(14-8-18)30-31(28,29)23-15-9-20(25)10-16-23/h7-10,13-16,19,21H,3-6,11-12,17H2,1-2H3/t19-/m1/s1. The Morgan fingerprint density at radius 1 is 1.10 bits per heavy atom. The average molecular weight is 448 g/mol. The first-order valence-electron chi connectivity index (χ1n) is 10.9. The van der Waals surface area contributed by atoms with Crippen LogP contribution in [0.25, 0.3) is 0 Å². The Bertz CT molecular complexity index is 970. The van der Waals surface area contributed by atoms with Gasteiger partial charge in [0, 0.05) is 18.5 Å². The first-order valence-corrected chi connectivity index (χ1v) is 12.3. The lowest BCUT2D eigenvalue weighted by molar-refractivity contribution is -0.137. The zero-order chi connectivity index (χ0) is 22.4. The van der Waals surface area contributed by atoms with Crippen molar-refractivity contribution < 1.29 is 21.8 Å². The number of hydrogen-bond donors (Lipinski definition) is 0. The molecule has 0 N–H and O–H groups in total. The molecule has 5 nitrogen and oxygen atoms in total. The number of nitrogens with zero attached hydrogens (tertiary/aromatic N) is 1. The largest absolute Gasteiger partial charge is 0.379 e. The topological polar surface area (TPSA) is 63.7 Å². The van der Waals surface area contributed by atoms with Gasteiger partial charge in [0.05, 0.1) is 0 Å². The molecule has 31 heavy (non-hydrogen) atoms. The Morgan fingerprint density at radius 2 is 1.74 bits per heavy atom. The minimum absolute atomic E-state index is 0.0593. The predicted octanol–water partition coefficient (Wildman–Crippen LogP) is 5.30. The fourth-order valence-electron chi connectivity index (χ4n) is 3.58. The predicted molar refractivity (Wildman–Crippen MR) is 118 cm³/mol. The van der Waals surface area contributed by atoms with E-state index in [1.807, 2.05) is 4.90 Å². The van der Waals surface area contributed by atoms with E-state index in [9.17, 15) is 17.6 Å². The Morgan fingerprint density at radius 3 is 2.29 bits per heavy atom. The van der Waals surface area contributed by atoms with Gasteiger partial charge < -0.3 is 9.08 Å². The quantitative estimate of drug-likeness (QED) is 0.439. The molecule has 0 saturated heterocycles. The molecule has 7 heteroatoms. The average Bonchev–Trinajstić information content (AvgIpc) is 3.59. The van der Waals surface area contributed by atoms with Crippen LogP contribution in [0.2, 0.25) is 0 Å². The van der Waals surface area contributed by atoms with Crippen LogP contribution in [0.4, 0.5) is 4.39 Å². The number of unbranched alkanes of at least 4 members (excludes halogenated alkanes) is 1. The lowest BCUT2D eigenvalue weighted by Crippen LogP contribution is -2.37. The third-order valence-corrected chi connectivity index (χ3v) is 6.86. The van der Waals surface area contributed by atoms with Crippen LogP contribution in [-0.2, 0) is 21.5 Å². The first-order chi connectivity index (χ1) is 14.8. The summed E-state index contributed by atoms with van der Waals surface area (Å²) in [6.45, 7) is 4.71. The summed E-state index contributed by atoms with van der Waals surface area (Å²) in [5, 5.41) is 0. The highest BCUT2D eigenvalue weighted by atomic mass is 32.2. The minimum atomic E-state index is -4.04. The molecule has 3 rings (SSSR count). The van der Waals surface area contributed by atoms with Crippen molar-refractivity contribution in [2.24, 2.45) is 5.92 Å². The van der Waals surface area contributed by atoms with E-state index in [0.717, 1.165) is 56.2 Å². The number of halogens is 1. The van der Waals surface area contributed by atoms with Crippen LogP contribution in [-0.4, -0.2) is 25.3 Å². The Kier molecular flexibility index (Phi) is 7.70. The summed E-state index contributed by atoms with van der Waals surface area (Å²) in [5.74, 6) is -0.0634. The second-order valence-corrected chi connectivity index (χ2v) is 9.63. The fourth-order valence-corrected chi connectivity index (χ4v) is 4.51. The monoisotopic (exact) mass is 447 g/mol. The molecule has 0 heterocycles. The second-order valence-electron chi connectivity index (χ2n) is 8.08. The van der Waals surface area contributed by atoms with Gasteiger partial charge in [-0.2, -0.15) is 8.42 Å². The van der Waals surface area contributed by atoms with Crippen LogP contribution in [0.1, 0.15) is 57.9 Å². The van der Waals surface area contributed by atoms with Crippen LogP contribution in [0.15, 0.2) is 53.4 Å². The van der Waals surface area contributed by atoms with Crippen LogP contribution < -0.4 is 4.18 Å². The highest BCUT2D eigenvalue weighted by Gasteiger charge is 2.35. The van der Waals surface area contributed by atoms with Crippen LogP contribution in [0.3, 0.4) is 0 Å². The Labute approximate surface area is 184 Å².